The van der Waals surface area contributed by atoms with Gasteiger partial charge in [-0.25, -0.2) is 9.78 Å². The predicted molar refractivity (Wildman–Crippen MR) is 78.8 cm³/mol. The quantitative estimate of drug-likeness (QED) is 0.793. The van der Waals surface area contributed by atoms with Crippen LogP contribution in [0.15, 0.2) is 43.2 Å². The Morgan fingerprint density at radius 1 is 1.48 bits per heavy atom. The monoisotopic (exact) mass is 287 g/mol. The molecular formula is C15H17N3O3. The number of carbonyl (C=O) groups is 2. The zero-order valence-electron chi connectivity index (χ0n) is 11.7. The number of carboxylic acids is 1. The Morgan fingerprint density at radius 2 is 2.19 bits per heavy atom. The minimum atomic E-state index is -1.08. The van der Waals surface area contributed by atoms with Crippen LogP contribution >= 0.6 is 0 Å². The van der Waals surface area contributed by atoms with Gasteiger partial charge in [-0.2, -0.15) is 0 Å². The van der Waals surface area contributed by atoms with Crippen LogP contribution in [-0.4, -0.2) is 32.6 Å². The van der Waals surface area contributed by atoms with Crippen molar-refractivity contribution >= 4 is 22.9 Å². The van der Waals surface area contributed by atoms with Crippen LogP contribution in [0.2, 0.25) is 0 Å². The van der Waals surface area contributed by atoms with Crippen molar-refractivity contribution < 1.29 is 14.7 Å². The maximum Gasteiger partial charge on any atom is 0.326 e. The molecule has 21 heavy (non-hydrogen) atoms. The third-order valence-corrected chi connectivity index (χ3v) is 3.29. The number of carboxylic acid groups (broad SMARTS) is 1. The van der Waals surface area contributed by atoms with Gasteiger partial charge < -0.3 is 15.0 Å². The predicted octanol–water partition coefficient (Wildman–Crippen LogP) is 1.74. The van der Waals surface area contributed by atoms with E-state index >= 15 is 0 Å². The molecule has 0 saturated heterocycles. The van der Waals surface area contributed by atoms with Crippen molar-refractivity contribution in [1.29, 1.82) is 0 Å². The van der Waals surface area contributed by atoms with E-state index in [9.17, 15) is 9.59 Å². The summed E-state index contributed by atoms with van der Waals surface area (Å²) in [6, 6.07) is 5.94. The fourth-order valence-corrected chi connectivity index (χ4v) is 2.09. The summed E-state index contributed by atoms with van der Waals surface area (Å²) < 4.78 is 1.72. The highest BCUT2D eigenvalue weighted by Crippen LogP contribution is 2.17. The lowest BCUT2D eigenvalue weighted by atomic mass is 10.2. The smallest absolute Gasteiger partial charge is 0.326 e. The van der Waals surface area contributed by atoms with E-state index in [1.54, 1.807) is 17.8 Å². The van der Waals surface area contributed by atoms with Crippen molar-refractivity contribution in [2.45, 2.75) is 25.4 Å². The molecule has 0 aliphatic carbocycles. The minimum absolute atomic E-state index is 0.179. The molecule has 0 aliphatic heterocycles. The maximum absolute atomic E-state index is 12.2. The van der Waals surface area contributed by atoms with Gasteiger partial charge in [-0.3, -0.25) is 4.79 Å². The molecule has 1 amide bonds. The molecule has 2 N–H and O–H groups in total. The molecule has 110 valence electrons. The van der Waals surface area contributed by atoms with Gasteiger partial charge in [0.1, 0.15) is 12.1 Å². The first-order chi connectivity index (χ1) is 10.0. The molecule has 1 aromatic carbocycles. The van der Waals surface area contributed by atoms with Crippen molar-refractivity contribution in [1.82, 2.24) is 14.9 Å². The Morgan fingerprint density at radius 3 is 2.86 bits per heavy atom. The molecule has 0 fully saturated rings. The maximum atomic E-state index is 12.2. The summed E-state index contributed by atoms with van der Waals surface area (Å²) in [5, 5.41) is 11.6. The van der Waals surface area contributed by atoms with Gasteiger partial charge in [-0.05, 0) is 25.5 Å². The third-order valence-electron chi connectivity index (χ3n) is 3.29. The van der Waals surface area contributed by atoms with Crippen molar-refractivity contribution in [3.8, 4) is 0 Å². The summed E-state index contributed by atoms with van der Waals surface area (Å²) in [6.45, 7) is 5.20. The molecule has 6 nitrogen and oxygen atoms in total. The number of aromatic nitrogens is 2. The second kappa shape index (κ2) is 6.21. The molecule has 2 rings (SSSR count). The average molecular weight is 287 g/mol. The van der Waals surface area contributed by atoms with E-state index in [-0.39, 0.29) is 12.3 Å². The van der Waals surface area contributed by atoms with Crippen LogP contribution in [0.1, 0.15) is 19.4 Å². The molecule has 0 radical (unpaired) electrons. The van der Waals surface area contributed by atoms with Gasteiger partial charge in [0.25, 0.3) is 0 Å². The standard InChI is InChI=1S/C15H17N3O3/c1-3-6-12(15(20)21)17-14(19)10(2)18-9-16-11-7-4-5-8-13(11)18/h3-5,7-10,12H,1,6H2,2H3,(H,17,19)(H,20,21). The Balaban J connectivity index is 2.19. The number of carbonyl (C=O) groups excluding carboxylic acids is 1. The van der Waals surface area contributed by atoms with Crippen LogP contribution in [-0.2, 0) is 9.59 Å². The molecule has 0 bridgehead atoms. The van der Waals surface area contributed by atoms with Crippen LogP contribution in [0.4, 0.5) is 0 Å². The number of aliphatic carboxylic acids is 1. The third kappa shape index (κ3) is 3.10. The topological polar surface area (TPSA) is 84.2 Å². The van der Waals surface area contributed by atoms with E-state index < -0.39 is 18.1 Å². The van der Waals surface area contributed by atoms with E-state index in [2.05, 4.69) is 16.9 Å². The first-order valence-electron chi connectivity index (χ1n) is 6.60. The van der Waals surface area contributed by atoms with Gasteiger partial charge in [-0.1, -0.05) is 18.2 Å². The molecule has 0 aliphatic rings. The molecule has 0 saturated carbocycles. The van der Waals surface area contributed by atoms with Crippen molar-refractivity contribution in [3.63, 3.8) is 0 Å². The number of fused-ring (bicyclic) bond motifs is 1. The summed E-state index contributed by atoms with van der Waals surface area (Å²) >= 11 is 0. The first-order valence-corrected chi connectivity index (χ1v) is 6.60. The molecule has 2 unspecified atom stereocenters. The molecule has 0 spiro atoms. The van der Waals surface area contributed by atoms with Gasteiger partial charge in [0, 0.05) is 0 Å². The lowest BCUT2D eigenvalue weighted by molar-refractivity contribution is -0.142. The van der Waals surface area contributed by atoms with Gasteiger partial charge in [-0.15, -0.1) is 6.58 Å². The Bertz CT molecular complexity index is 678. The first kappa shape index (κ1) is 14.8. The Hall–Kier alpha value is -2.63. The van der Waals surface area contributed by atoms with Gasteiger partial charge in [0.15, 0.2) is 0 Å². The fourth-order valence-electron chi connectivity index (χ4n) is 2.09. The van der Waals surface area contributed by atoms with E-state index in [4.69, 9.17) is 5.11 Å². The van der Waals surface area contributed by atoms with Crippen molar-refractivity contribution in [2.24, 2.45) is 0 Å². The van der Waals surface area contributed by atoms with Gasteiger partial charge in [0.05, 0.1) is 17.4 Å². The summed E-state index contributed by atoms with van der Waals surface area (Å²) in [5.41, 5.74) is 1.62. The van der Waals surface area contributed by atoms with E-state index in [1.807, 2.05) is 24.3 Å². The summed E-state index contributed by atoms with van der Waals surface area (Å²) in [4.78, 5) is 27.5. The number of benzene rings is 1. The van der Waals surface area contributed by atoms with E-state index in [1.165, 1.54) is 6.08 Å². The number of rotatable bonds is 6. The van der Waals surface area contributed by atoms with E-state index in [0.29, 0.717) is 0 Å². The van der Waals surface area contributed by atoms with Crippen molar-refractivity contribution in [2.75, 3.05) is 0 Å². The Labute approximate surface area is 122 Å². The SMILES string of the molecule is C=CCC(NC(=O)C(C)n1cnc2ccccc21)C(=O)O. The van der Waals surface area contributed by atoms with Crippen LogP contribution in [0.3, 0.4) is 0 Å². The largest absolute Gasteiger partial charge is 0.480 e. The zero-order valence-corrected chi connectivity index (χ0v) is 11.7. The number of amides is 1. The number of hydrogen-bond acceptors (Lipinski definition) is 3. The number of imidazole rings is 1. The lowest BCUT2D eigenvalue weighted by Gasteiger charge is -2.18. The molecular weight excluding hydrogens is 270 g/mol. The fraction of sp³-hybridized carbons (Fsp3) is 0.267. The molecule has 1 heterocycles. The molecule has 6 heteroatoms. The minimum Gasteiger partial charge on any atom is -0.480 e. The average Bonchev–Trinajstić information content (AvgIpc) is 2.89. The number of hydrogen-bond donors (Lipinski definition) is 2. The molecule has 2 aromatic rings. The second-order valence-corrected chi connectivity index (χ2v) is 4.74. The van der Waals surface area contributed by atoms with Crippen LogP contribution in [0.25, 0.3) is 11.0 Å². The highest BCUT2D eigenvalue weighted by Gasteiger charge is 2.23. The number of nitrogens with one attached hydrogen (secondary N) is 1. The summed E-state index contributed by atoms with van der Waals surface area (Å²) in [7, 11) is 0. The second-order valence-electron chi connectivity index (χ2n) is 4.74. The molecule has 2 atom stereocenters. The van der Waals surface area contributed by atoms with Crippen LogP contribution in [0.5, 0.6) is 0 Å². The van der Waals surface area contributed by atoms with E-state index in [0.717, 1.165) is 11.0 Å². The highest BCUT2D eigenvalue weighted by atomic mass is 16.4. The van der Waals surface area contributed by atoms with Gasteiger partial charge >= 0.3 is 5.97 Å². The van der Waals surface area contributed by atoms with Crippen molar-refractivity contribution in [3.05, 3.63) is 43.2 Å². The summed E-state index contributed by atoms with van der Waals surface area (Å²) in [6.07, 6.45) is 3.23. The van der Waals surface area contributed by atoms with Gasteiger partial charge in [0.2, 0.25) is 5.91 Å². The zero-order chi connectivity index (χ0) is 15.4. The molecule has 1 aromatic heterocycles. The Kier molecular flexibility index (Phi) is 4.37. The number of nitrogens with zero attached hydrogens (tertiary/aromatic N) is 2. The van der Waals surface area contributed by atoms with Crippen LogP contribution in [0, 0.1) is 0 Å². The van der Waals surface area contributed by atoms with Crippen LogP contribution < -0.4 is 5.32 Å². The highest BCUT2D eigenvalue weighted by molar-refractivity contribution is 5.87. The number of para-hydroxylation sites is 2. The normalized spacial score (nSPS) is 13.6. The lowest BCUT2D eigenvalue weighted by Crippen LogP contribution is -2.43. The summed E-state index contributed by atoms with van der Waals surface area (Å²) in [5.74, 6) is -1.45.